The third-order valence-corrected chi connectivity index (χ3v) is 7.81. The lowest BCUT2D eigenvalue weighted by molar-refractivity contribution is 0.222. The zero-order chi connectivity index (χ0) is 23.9. The average molecular weight is 484 g/mol. The first-order chi connectivity index (χ1) is 15.9. The predicted octanol–water partition coefficient (Wildman–Crippen LogP) is 7.56. The van der Waals surface area contributed by atoms with Gasteiger partial charge >= 0.3 is 0 Å². The van der Waals surface area contributed by atoms with Gasteiger partial charge in [0.25, 0.3) is 7.52 Å². The summed E-state index contributed by atoms with van der Waals surface area (Å²) < 4.78 is 31.3. The van der Waals surface area contributed by atoms with Crippen LogP contribution in [-0.4, -0.2) is 22.9 Å². The fraction of sp³-hybridized carbons (Fsp3) is 0.692. The Balaban J connectivity index is 1.47. The van der Waals surface area contributed by atoms with E-state index < -0.39 is 7.52 Å². The van der Waals surface area contributed by atoms with Gasteiger partial charge in [0.05, 0.1) is 6.61 Å². The second kappa shape index (κ2) is 15.7. The van der Waals surface area contributed by atoms with Gasteiger partial charge in [-0.1, -0.05) is 63.2 Å². The Kier molecular flexibility index (Phi) is 13.3. The van der Waals surface area contributed by atoms with Crippen molar-refractivity contribution in [3.8, 4) is 5.75 Å². The van der Waals surface area contributed by atoms with Crippen molar-refractivity contribution in [2.24, 2.45) is 5.92 Å². The standard InChI is InChI=1S/C26H43FNO4P/c1-22-12-11-13-23(20-22)14-15-24-16-17-26(25(27)21-24)32-18-9-7-5-3-2-4-6-8-10-19-33(30,31)28-29/h16-17,21,23,29H,1-15,18-20H2,(H2,28,30,31). The number of benzene rings is 1. The van der Waals surface area contributed by atoms with Crippen molar-refractivity contribution in [1.82, 2.24) is 5.25 Å². The molecular weight excluding hydrogens is 440 g/mol. The first-order valence-corrected chi connectivity index (χ1v) is 14.5. The molecule has 1 aromatic carbocycles. The Morgan fingerprint density at radius 3 is 2.39 bits per heavy atom. The summed E-state index contributed by atoms with van der Waals surface area (Å²) in [6, 6.07) is 5.40. The van der Waals surface area contributed by atoms with Crippen LogP contribution in [0.2, 0.25) is 0 Å². The summed E-state index contributed by atoms with van der Waals surface area (Å²) in [5, 5.41) is 10.0. The highest BCUT2D eigenvalue weighted by Gasteiger charge is 2.16. The number of rotatable bonds is 17. The number of unbranched alkanes of at least 4 members (excludes halogenated alkanes) is 8. The van der Waals surface area contributed by atoms with E-state index in [9.17, 15) is 13.8 Å². The van der Waals surface area contributed by atoms with Crippen molar-refractivity contribution in [3.05, 3.63) is 41.7 Å². The van der Waals surface area contributed by atoms with Gasteiger partial charge in [0.2, 0.25) is 0 Å². The molecule has 1 fully saturated rings. The molecule has 0 saturated heterocycles. The number of hydrogen-bond acceptors (Lipinski definition) is 3. The van der Waals surface area contributed by atoms with Crippen LogP contribution in [0.15, 0.2) is 30.4 Å². The van der Waals surface area contributed by atoms with E-state index in [1.54, 1.807) is 12.1 Å². The van der Waals surface area contributed by atoms with E-state index in [2.05, 4.69) is 6.58 Å². The molecule has 1 aliphatic carbocycles. The summed E-state index contributed by atoms with van der Waals surface area (Å²) in [6.45, 7) is 4.67. The molecule has 7 heteroatoms. The Labute approximate surface area is 199 Å². The summed E-state index contributed by atoms with van der Waals surface area (Å²) in [7, 11) is -3.52. The molecule has 0 radical (unpaired) electrons. The highest BCUT2D eigenvalue weighted by Crippen LogP contribution is 2.35. The van der Waals surface area contributed by atoms with E-state index in [0.29, 0.717) is 24.7 Å². The second-order valence-electron chi connectivity index (χ2n) is 9.57. The molecule has 5 nitrogen and oxygen atoms in total. The molecule has 0 bridgehead atoms. The van der Waals surface area contributed by atoms with Crippen molar-refractivity contribution in [2.75, 3.05) is 12.8 Å². The van der Waals surface area contributed by atoms with Gasteiger partial charge in [0.15, 0.2) is 11.6 Å². The summed E-state index contributed by atoms with van der Waals surface area (Å²) >= 11 is 0. The Morgan fingerprint density at radius 2 is 1.76 bits per heavy atom. The average Bonchev–Trinajstić information content (AvgIpc) is 2.79. The third-order valence-electron chi connectivity index (χ3n) is 6.58. The molecule has 0 amide bonds. The van der Waals surface area contributed by atoms with Crippen LogP contribution in [0.3, 0.4) is 0 Å². The van der Waals surface area contributed by atoms with E-state index in [0.717, 1.165) is 76.2 Å². The zero-order valence-electron chi connectivity index (χ0n) is 20.1. The molecule has 188 valence electrons. The molecule has 1 saturated carbocycles. The van der Waals surface area contributed by atoms with Gasteiger partial charge in [-0.2, -0.15) is 0 Å². The van der Waals surface area contributed by atoms with Crippen LogP contribution in [0.5, 0.6) is 5.75 Å². The van der Waals surface area contributed by atoms with Crippen LogP contribution in [0.1, 0.15) is 95.5 Å². The number of ether oxygens (including phenoxy) is 1. The van der Waals surface area contributed by atoms with Gasteiger partial charge in [-0.15, -0.1) is 5.25 Å². The lowest BCUT2D eigenvalue weighted by Crippen LogP contribution is -2.09. The van der Waals surface area contributed by atoms with E-state index in [1.165, 1.54) is 30.1 Å². The predicted molar refractivity (Wildman–Crippen MR) is 132 cm³/mol. The normalized spacial score (nSPS) is 18.3. The lowest BCUT2D eigenvalue weighted by atomic mass is 9.83. The van der Waals surface area contributed by atoms with Crippen molar-refractivity contribution in [1.29, 1.82) is 0 Å². The Hall–Kier alpha value is -1.20. The number of allylic oxidation sites excluding steroid dienone is 1. The molecule has 0 aliphatic heterocycles. The summed E-state index contributed by atoms with van der Waals surface area (Å²) in [5.41, 5.74) is 2.41. The second-order valence-corrected chi connectivity index (χ2v) is 11.6. The van der Waals surface area contributed by atoms with Crippen LogP contribution >= 0.6 is 7.52 Å². The van der Waals surface area contributed by atoms with Gasteiger partial charge in [0, 0.05) is 6.16 Å². The monoisotopic (exact) mass is 483 g/mol. The lowest BCUT2D eigenvalue weighted by Gasteiger charge is -2.23. The molecule has 0 spiro atoms. The molecule has 2 atom stereocenters. The van der Waals surface area contributed by atoms with Crippen LogP contribution < -0.4 is 9.99 Å². The minimum atomic E-state index is -3.52. The Bertz CT molecular complexity index is 758. The summed E-state index contributed by atoms with van der Waals surface area (Å²) in [6.07, 6.45) is 16.1. The van der Waals surface area contributed by atoms with Crippen LogP contribution in [0.25, 0.3) is 0 Å². The fourth-order valence-corrected chi connectivity index (χ4v) is 5.34. The Morgan fingerprint density at radius 1 is 1.09 bits per heavy atom. The van der Waals surface area contributed by atoms with Gasteiger partial charge < -0.3 is 14.8 Å². The zero-order valence-corrected chi connectivity index (χ0v) is 21.0. The topological polar surface area (TPSA) is 78.8 Å². The van der Waals surface area contributed by atoms with E-state index in [4.69, 9.17) is 9.94 Å². The summed E-state index contributed by atoms with van der Waals surface area (Å²) in [4.78, 5) is 9.20. The molecule has 3 N–H and O–H groups in total. The molecule has 0 aromatic heterocycles. The van der Waals surface area contributed by atoms with Gasteiger partial charge in [-0.3, -0.25) is 4.57 Å². The van der Waals surface area contributed by atoms with Gasteiger partial charge in [0.1, 0.15) is 0 Å². The van der Waals surface area contributed by atoms with Crippen molar-refractivity contribution < 1.29 is 23.8 Å². The van der Waals surface area contributed by atoms with Crippen LogP contribution in [0.4, 0.5) is 4.39 Å². The molecule has 33 heavy (non-hydrogen) atoms. The molecule has 0 heterocycles. The van der Waals surface area contributed by atoms with Crippen molar-refractivity contribution in [3.63, 3.8) is 0 Å². The SMILES string of the molecule is C=C1CCCC(CCc2ccc(OCCCCCCCCCCCP(=O)(O)NO)c(F)c2)C1. The number of halogens is 1. The minimum absolute atomic E-state index is 0.115. The first kappa shape index (κ1) is 28.0. The number of hydrogen-bond donors (Lipinski definition) is 3. The highest BCUT2D eigenvalue weighted by molar-refractivity contribution is 7.55. The maximum absolute atomic E-state index is 14.4. The highest BCUT2D eigenvalue weighted by atomic mass is 31.2. The minimum Gasteiger partial charge on any atom is -0.491 e. The number of aryl methyl sites for hydroxylation is 1. The molecule has 2 rings (SSSR count). The molecule has 1 aromatic rings. The van der Waals surface area contributed by atoms with Gasteiger partial charge in [-0.05, 0) is 75.0 Å². The molecule has 1 aliphatic rings. The smallest absolute Gasteiger partial charge is 0.289 e. The van der Waals surface area contributed by atoms with Gasteiger partial charge in [-0.25, -0.2) is 4.39 Å². The quantitative estimate of drug-likeness (QED) is 0.0922. The van der Waals surface area contributed by atoms with E-state index in [-0.39, 0.29) is 12.0 Å². The molecular formula is C26H43FNO4P. The van der Waals surface area contributed by atoms with Crippen molar-refractivity contribution >= 4 is 7.52 Å². The van der Waals surface area contributed by atoms with Crippen LogP contribution in [-0.2, 0) is 11.0 Å². The largest absolute Gasteiger partial charge is 0.491 e. The van der Waals surface area contributed by atoms with Crippen molar-refractivity contribution in [2.45, 2.75) is 96.3 Å². The van der Waals surface area contributed by atoms with E-state index >= 15 is 0 Å². The fourth-order valence-electron chi connectivity index (χ4n) is 4.58. The van der Waals surface area contributed by atoms with Crippen LogP contribution in [0, 0.1) is 11.7 Å². The third kappa shape index (κ3) is 12.2. The van der Waals surface area contributed by atoms with E-state index in [1.807, 2.05) is 6.07 Å². The molecule has 2 unspecified atom stereocenters. The number of nitrogens with one attached hydrogen (secondary N) is 1. The summed E-state index contributed by atoms with van der Waals surface area (Å²) in [5.74, 6) is 0.794. The first-order valence-electron chi connectivity index (χ1n) is 12.7. The maximum atomic E-state index is 14.4. The maximum Gasteiger partial charge on any atom is 0.289 e.